The second-order valence-electron chi connectivity index (χ2n) is 5.74. The third kappa shape index (κ3) is 3.71. The van der Waals surface area contributed by atoms with E-state index in [2.05, 4.69) is 20.8 Å². The molecule has 1 aromatic carbocycles. The van der Waals surface area contributed by atoms with Crippen LogP contribution < -0.4 is 15.4 Å². The minimum atomic E-state index is -0.183. The first-order valence-corrected chi connectivity index (χ1v) is 8.53. The van der Waals surface area contributed by atoms with Crippen LogP contribution in [0.5, 0.6) is 5.75 Å². The number of carbonyl (C=O) groups excluding carboxylic acids is 1. The molecule has 2 aromatic rings. The molecule has 6 nitrogen and oxygen atoms in total. The highest BCUT2D eigenvalue weighted by Crippen LogP contribution is 2.24. The van der Waals surface area contributed by atoms with Gasteiger partial charge in [0.2, 0.25) is 0 Å². The molecule has 7 heteroatoms. The maximum atomic E-state index is 12.4. The van der Waals surface area contributed by atoms with E-state index in [0.29, 0.717) is 29.6 Å². The molecular weight excluding hydrogens is 328 g/mol. The number of nitrogens with one attached hydrogen (secondary N) is 3. The highest BCUT2D eigenvalue weighted by atomic mass is 35.5. The number of H-pyrrole nitrogens is 1. The monoisotopic (exact) mass is 348 g/mol. The van der Waals surface area contributed by atoms with E-state index in [9.17, 15) is 4.79 Å². The Bertz CT molecular complexity index is 716. The molecule has 1 aromatic heterocycles. The highest BCUT2D eigenvalue weighted by Gasteiger charge is 2.22. The molecule has 1 atom stereocenters. The number of halogens is 1. The van der Waals surface area contributed by atoms with Gasteiger partial charge in [0.1, 0.15) is 11.9 Å². The summed E-state index contributed by atoms with van der Waals surface area (Å²) in [5, 5.41) is 13.8. The number of amides is 1. The van der Waals surface area contributed by atoms with Crippen LogP contribution in [0.2, 0.25) is 5.02 Å². The maximum Gasteiger partial charge on any atom is 0.272 e. The van der Waals surface area contributed by atoms with Crippen molar-refractivity contribution in [2.75, 3.05) is 13.1 Å². The van der Waals surface area contributed by atoms with Crippen molar-refractivity contribution in [1.29, 1.82) is 0 Å². The molecule has 0 spiro atoms. The van der Waals surface area contributed by atoms with Gasteiger partial charge in [0.05, 0.1) is 11.6 Å². The van der Waals surface area contributed by atoms with Crippen LogP contribution in [0.1, 0.15) is 35.1 Å². The Labute approximate surface area is 145 Å². The fraction of sp³-hybridized carbons (Fsp3) is 0.412. The van der Waals surface area contributed by atoms with Crippen LogP contribution in [-0.4, -0.2) is 35.3 Å². The van der Waals surface area contributed by atoms with Gasteiger partial charge in [0.25, 0.3) is 5.91 Å². The van der Waals surface area contributed by atoms with Crippen molar-refractivity contribution < 1.29 is 9.53 Å². The van der Waals surface area contributed by atoms with Gasteiger partial charge in [0.15, 0.2) is 5.69 Å². The van der Waals surface area contributed by atoms with Crippen molar-refractivity contribution in [3.05, 3.63) is 46.2 Å². The summed E-state index contributed by atoms with van der Waals surface area (Å²) in [7, 11) is 0. The first kappa shape index (κ1) is 16.8. The maximum absolute atomic E-state index is 12.4. The predicted molar refractivity (Wildman–Crippen MR) is 92.5 cm³/mol. The molecule has 1 aliphatic rings. The molecule has 0 saturated heterocycles. The molecule has 0 fully saturated rings. The fourth-order valence-electron chi connectivity index (χ4n) is 2.69. The lowest BCUT2D eigenvalue weighted by Crippen LogP contribution is -2.36. The van der Waals surface area contributed by atoms with Crippen molar-refractivity contribution in [2.45, 2.75) is 32.4 Å². The minimum absolute atomic E-state index is 0.151. The Kier molecular flexibility index (Phi) is 5.37. The third-order valence-corrected chi connectivity index (χ3v) is 4.41. The van der Waals surface area contributed by atoms with E-state index in [1.54, 1.807) is 6.07 Å². The summed E-state index contributed by atoms with van der Waals surface area (Å²) in [5.74, 6) is 0.444. The average Bonchev–Trinajstić information content (AvgIpc) is 3.04. The molecule has 3 rings (SSSR count). The van der Waals surface area contributed by atoms with Crippen molar-refractivity contribution in [3.63, 3.8) is 0 Å². The van der Waals surface area contributed by atoms with Crippen LogP contribution in [0.3, 0.4) is 0 Å². The third-order valence-electron chi connectivity index (χ3n) is 4.10. The summed E-state index contributed by atoms with van der Waals surface area (Å²) in [4.78, 5) is 12.4. The van der Waals surface area contributed by atoms with Gasteiger partial charge >= 0.3 is 0 Å². The second kappa shape index (κ2) is 7.68. The normalized spacial score (nSPS) is 14.8. The van der Waals surface area contributed by atoms with Crippen LogP contribution in [-0.2, 0) is 13.0 Å². The molecule has 3 N–H and O–H groups in total. The number of rotatable bonds is 6. The first-order chi connectivity index (χ1) is 11.7. The number of hydrogen-bond acceptors (Lipinski definition) is 4. The van der Waals surface area contributed by atoms with Crippen molar-refractivity contribution in [1.82, 2.24) is 20.8 Å². The number of benzene rings is 1. The van der Waals surface area contributed by atoms with Gasteiger partial charge in [-0.25, -0.2) is 0 Å². The van der Waals surface area contributed by atoms with Gasteiger partial charge < -0.3 is 15.4 Å². The standard InChI is InChI=1S/C17H21ClN4O2/c1-2-11(24-15-6-4-3-5-13(15)18)9-20-17(23)16-12-10-19-8-7-14(12)21-22-16/h3-6,11,19H,2,7-10H2,1H3,(H,20,23)(H,21,22)/t11-/m0/s1. The van der Waals surface area contributed by atoms with Gasteiger partial charge in [-0.15, -0.1) is 0 Å². The smallest absolute Gasteiger partial charge is 0.272 e. The van der Waals surface area contributed by atoms with Gasteiger partial charge in [-0.05, 0) is 18.6 Å². The second-order valence-corrected chi connectivity index (χ2v) is 6.15. The Morgan fingerprint density at radius 1 is 1.46 bits per heavy atom. The Hall–Kier alpha value is -2.05. The zero-order valence-corrected chi connectivity index (χ0v) is 14.3. The molecule has 2 heterocycles. The van der Waals surface area contributed by atoms with Crippen LogP contribution in [0, 0.1) is 0 Å². The zero-order valence-electron chi connectivity index (χ0n) is 13.6. The predicted octanol–water partition coefficient (Wildman–Crippen LogP) is 2.30. The Morgan fingerprint density at radius 2 is 2.29 bits per heavy atom. The van der Waals surface area contributed by atoms with Crippen LogP contribution in [0.4, 0.5) is 0 Å². The van der Waals surface area contributed by atoms with Crippen molar-refractivity contribution in [2.24, 2.45) is 0 Å². The number of hydrogen-bond donors (Lipinski definition) is 3. The summed E-state index contributed by atoms with van der Waals surface area (Å²) in [6.07, 6.45) is 1.47. The molecule has 0 saturated carbocycles. The summed E-state index contributed by atoms with van der Waals surface area (Å²) in [6.45, 7) is 3.98. The van der Waals surface area contributed by atoms with Crippen LogP contribution in [0.15, 0.2) is 24.3 Å². The summed E-state index contributed by atoms with van der Waals surface area (Å²) < 4.78 is 5.89. The van der Waals surface area contributed by atoms with E-state index in [1.165, 1.54) is 0 Å². The van der Waals surface area contributed by atoms with Crippen molar-refractivity contribution >= 4 is 17.5 Å². The summed E-state index contributed by atoms with van der Waals surface area (Å²) >= 11 is 6.12. The SMILES string of the molecule is CC[C@@H](CNC(=O)c1n[nH]c2c1CNCC2)Oc1ccccc1Cl. The van der Waals surface area contributed by atoms with Crippen molar-refractivity contribution in [3.8, 4) is 5.75 Å². The van der Waals surface area contributed by atoms with E-state index in [4.69, 9.17) is 16.3 Å². The molecular formula is C17H21ClN4O2. The highest BCUT2D eigenvalue weighted by molar-refractivity contribution is 6.32. The number of ether oxygens (including phenoxy) is 1. The fourth-order valence-corrected chi connectivity index (χ4v) is 2.87. The van der Waals surface area contributed by atoms with Gasteiger partial charge in [-0.2, -0.15) is 5.10 Å². The average molecular weight is 349 g/mol. The zero-order chi connectivity index (χ0) is 16.9. The Morgan fingerprint density at radius 3 is 3.08 bits per heavy atom. The number of para-hydroxylation sites is 1. The first-order valence-electron chi connectivity index (χ1n) is 8.15. The molecule has 0 unspecified atom stereocenters. The minimum Gasteiger partial charge on any atom is -0.487 e. The van der Waals surface area contributed by atoms with Gasteiger partial charge in [-0.1, -0.05) is 30.7 Å². The molecule has 0 radical (unpaired) electrons. The molecule has 0 aliphatic carbocycles. The number of nitrogens with zero attached hydrogens (tertiary/aromatic N) is 1. The molecule has 0 bridgehead atoms. The van der Waals surface area contributed by atoms with E-state index in [1.807, 2.05) is 25.1 Å². The number of fused-ring (bicyclic) bond motifs is 1. The molecule has 1 amide bonds. The lowest BCUT2D eigenvalue weighted by Gasteiger charge is -2.19. The lowest BCUT2D eigenvalue weighted by atomic mass is 10.1. The quantitative estimate of drug-likeness (QED) is 0.748. The largest absolute Gasteiger partial charge is 0.487 e. The lowest BCUT2D eigenvalue weighted by molar-refractivity contribution is 0.0920. The van der Waals surface area contributed by atoms with E-state index >= 15 is 0 Å². The summed E-state index contributed by atoms with van der Waals surface area (Å²) in [5.41, 5.74) is 2.46. The molecule has 1 aliphatic heterocycles. The van der Waals surface area contributed by atoms with Crippen LogP contribution in [0.25, 0.3) is 0 Å². The number of carbonyl (C=O) groups is 1. The van der Waals surface area contributed by atoms with Crippen LogP contribution >= 0.6 is 11.6 Å². The Balaban J connectivity index is 1.60. The molecule has 24 heavy (non-hydrogen) atoms. The van der Waals surface area contributed by atoms with Gasteiger partial charge in [-0.3, -0.25) is 9.89 Å². The summed E-state index contributed by atoms with van der Waals surface area (Å²) in [6, 6.07) is 7.33. The number of aromatic amines is 1. The van der Waals surface area contributed by atoms with E-state index < -0.39 is 0 Å². The van der Waals surface area contributed by atoms with E-state index in [0.717, 1.165) is 30.6 Å². The topological polar surface area (TPSA) is 79.0 Å². The number of aromatic nitrogens is 2. The van der Waals surface area contributed by atoms with E-state index in [-0.39, 0.29) is 12.0 Å². The van der Waals surface area contributed by atoms with Gasteiger partial charge in [0, 0.05) is 30.8 Å². The molecule has 128 valence electrons.